The number of rotatable bonds is 2. The summed E-state index contributed by atoms with van der Waals surface area (Å²) < 4.78 is 0. The Kier molecular flexibility index (Phi) is 3.17. The molecule has 1 amide bonds. The van der Waals surface area contributed by atoms with Crippen LogP contribution >= 0.6 is 0 Å². The van der Waals surface area contributed by atoms with Crippen molar-refractivity contribution in [3.8, 4) is 6.07 Å². The van der Waals surface area contributed by atoms with Crippen LogP contribution in [0.4, 0.5) is 0 Å². The highest BCUT2D eigenvalue weighted by Gasteiger charge is 2.31. The number of fused-ring (bicyclic) bond motifs is 3. The van der Waals surface area contributed by atoms with Crippen LogP contribution in [0.25, 0.3) is 10.9 Å². The maximum atomic E-state index is 12.0. The van der Waals surface area contributed by atoms with Crippen molar-refractivity contribution in [2.75, 3.05) is 6.61 Å². The highest BCUT2D eigenvalue weighted by Crippen LogP contribution is 2.30. The maximum Gasteiger partial charge on any atom is 0.237 e. The molecule has 1 atom stereocenters. The summed E-state index contributed by atoms with van der Waals surface area (Å²) in [5.74, 6) is -0.226. The second-order valence-corrected chi connectivity index (χ2v) is 5.02. The van der Waals surface area contributed by atoms with Gasteiger partial charge in [-0.25, -0.2) is 0 Å². The van der Waals surface area contributed by atoms with Crippen LogP contribution < -0.4 is 0 Å². The smallest absolute Gasteiger partial charge is 0.237 e. The zero-order valence-electron chi connectivity index (χ0n) is 11.0. The van der Waals surface area contributed by atoms with Crippen molar-refractivity contribution < 1.29 is 9.90 Å². The van der Waals surface area contributed by atoms with Crippen LogP contribution in [0.2, 0.25) is 0 Å². The average molecular weight is 269 g/mol. The summed E-state index contributed by atoms with van der Waals surface area (Å²) in [5, 5.41) is 19.3. The largest absolute Gasteiger partial charge is 0.394 e. The quantitative estimate of drug-likeness (QED) is 0.863. The molecule has 0 aliphatic carbocycles. The molecule has 0 spiro atoms. The molecular formula is C15H15N3O2. The van der Waals surface area contributed by atoms with Gasteiger partial charge in [0.1, 0.15) is 6.42 Å². The molecule has 0 saturated heterocycles. The Morgan fingerprint density at radius 3 is 3.05 bits per heavy atom. The molecule has 0 fully saturated rings. The summed E-state index contributed by atoms with van der Waals surface area (Å²) in [6.45, 7) is 0.339. The van der Waals surface area contributed by atoms with E-state index in [2.05, 4.69) is 4.98 Å². The number of aromatic nitrogens is 1. The van der Waals surface area contributed by atoms with Crippen molar-refractivity contribution in [2.45, 2.75) is 25.4 Å². The lowest BCUT2D eigenvalue weighted by molar-refractivity contribution is -0.134. The molecule has 0 saturated carbocycles. The van der Waals surface area contributed by atoms with Gasteiger partial charge in [-0.05, 0) is 18.1 Å². The number of nitrogens with one attached hydrogen (secondary N) is 1. The Hall–Kier alpha value is -2.32. The Morgan fingerprint density at radius 1 is 1.50 bits per heavy atom. The van der Waals surface area contributed by atoms with E-state index in [-0.39, 0.29) is 25.0 Å². The number of nitriles is 1. The van der Waals surface area contributed by atoms with Gasteiger partial charge in [0, 0.05) is 16.6 Å². The fourth-order valence-corrected chi connectivity index (χ4v) is 2.89. The van der Waals surface area contributed by atoms with Gasteiger partial charge in [-0.15, -0.1) is 0 Å². The number of hydrogen-bond donors (Lipinski definition) is 2. The number of H-pyrrole nitrogens is 1. The molecule has 5 heteroatoms. The molecular weight excluding hydrogens is 254 g/mol. The van der Waals surface area contributed by atoms with Crippen LogP contribution in [0.3, 0.4) is 0 Å². The number of carbonyl (C=O) groups excluding carboxylic acids is 1. The Bertz CT molecular complexity index is 699. The number of benzene rings is 1. The number of carbonyl (C=O) groups is 1. The van der Waals surface area contributed by atoms with Crippen LogP contribution in [0.5, 0.6) is 0 Å². The topological polar surface area (TPSA) is 80.1 Å². The lowest BCUT2D eigenvalue weighted by Gasteiger charge is -2.34. The summed E-state index contributed by atoms with van der Waals surface area (Å²) >= 11 is 0. The molecule has 2 heterocycles. The van der Waals surface area contributed by atoms with Crippen LogP contribution in [-0.2, 0) is 17.8 Å². The van der Waals surface area contributed by atoms with Crippen molar-refractivity contribution in [2.24, 2.45) is 0 Å². The summed E-state index contributed by atoms with van der Waals surface area (Å²) in [6, 6.07) is 9.63. The molecule has 20 heavy (non-hydrogen) atoms. The molecule has 1 aromatic heterocycles. The van der Waals surface area contributed by atoms with Crippen LogP contribution in [0, 0.1) is 11.3 Å². The number of amides is 1. The van der Waals surface area contributed by atoms with Crippen LogP contribution in [0.15, 0.2) is 24.3 Å². The lowest BCUT2D eigenvalue weighted by atomic mass is 9.97. The van der Waals surface area contributed by atoms with Gasteiger partial charge in [-0.2, -0.15) is 5.26 Å². The first-order valence-corrected chi connectivity index (χ1v) is 6.60. The summed E-state index contributed by atoms with van der Waals surface area (Å²) in [7, 11) is 0. The predicted molar refractivity (Wildman–Crippen MR) is 73.7 cm³/mol. The van der Waals surface area contributed by atoms with E-state index in [9.17, 15) is 9.90 Å². The van der Waals surface area contributed by atoms with Crippen molar-refractivity contribution in [3.05, 3.63) is 35.5 Å². The molecule has 1 aromatic carbocycles. The lowest BCUT2D eigenvalue weighted by Crippen LogP contribution is -2.46. The zero-order chi connectivity index (χ0) is 14.1. The van der Waals surface area contributed by atoms with E-state index < -0.39 is 0 Å². The van der Waals surface area contributed by atoms with Crippen molar-refractivity contribution in [1.29, 1.82) is 5.26 Å². The van der Waals surface area contributed by atoms with E-state index in [1.807, 2.05) is 30.3 Å². The van der Waals surface area contributed by atoms with E-state index >= 15 is 0 Å². The highest BCUT2D eigenvalue weighted by molar-refractivity contribution is 5.86. The number of aliphatic hydroxyl groups is 1. The van der Waals surface area contributed by atoms with Gasteiger partial charge in [-0.3, -0.25) is 4.79 Å². The molecule has 0 bridgehead atoms. The molecule has 1 unspecified atom stereocenters. The van der Waals surface area contributed by atoms with E-state index in [0.29, 0.717) is 13.0 Å². The monoisotopic (exact) mass is 269 g/mol. The average Bonchev–Trinajstić information content (AvgIpc) is 2.83. The third-order valence-electron chi connectivity index (χ3n) is 3.87. The standard InChI is InChI=1S/C15H15N3O2/c16-6-5-15(20)18-8-14-12(7-10(18)9-19)11-3-1-2-4-13(11)17-14/h1-4,10,17,19H,5,7-9H2. The molecule has 2 aromatic rings. The van der Waals surface area contributed by atoms with Crippen molar-refractivity contribution in [3.63, 3.8) is 0 Å². The number of hydrogen-bond acceptors (Lipinski definition) is 3. The number of aromatic amines is 1. The summed E-state index contributed by atoms with van der Waals surface area (Å²) in [5.41, 5.74) is 3.21. The maximum absolute atomic E-state index is 12.0. The molecule has 0 radical (unpaired) electrons. The second-order valence-electron chi connectivity index (χ2n) is 5.02. The third-order valence-corrected chi connectivity index (χ3v) is 3.87. The minimum Gasteiger partial charge on any atom is -0.394 e. The van der Waals surface area contributed by atoms with Crippen LogP contribution in [0.1, 0.15) is 17.7 Å². The van der Waals surface area contributed by atoms with Crippen molar-refractivity contribution >= 4 is 16.8 Å². The number of para-hydroxylation sites is 1. The van der Waals surface area contributed by atoms with Gasteiger partial charge >= 0.3 is 0 Å². The minimum atomic E-state index is -0.248. The van der Waals surface area contributed by atoms with Gasteiger partial charge in [0.05, 0.1) is 25.3 Å². The molecule has 3 rings (SSSR count). The van der Waals surface area contributed by atoms with E-state index in [1.165, 1.54) is 5.56 Å². The Balaban J connectivity index is 2.01. The third kappa shape index (κ3) is 1.95. The summed E-state index contributed by atoms with van der Waals surface area (Å²) in [4.78, 5) is 16.9. The van der Waals surface area contributed by atoms with Gasteiger partial charge in [-0.1, -0.05) is 18.2 Å². The van der Waals surface area contributed by atoms with Gasteiger partial charge in [0.15, 0.2) is 0 Å². The second kappa shape index (κ2) is 4.99. The van der Waals surface area contributed by atoms with Crippen molar-refractivity contribution in [1.82, 2.24) is 9.88 Å². The van der Waals surface area contributed by atoms with Gasteiger partial charge in [0.2, 0.25) is 5.91 Å². The minimum absolute atomic E-state index is 0.0872. The molecule has 1 aliphatic rings. The van der Waals surface area contributed by atoms with Gasteiger partial charge < -0.3 is 15.0 Å². The first kappa shape index (κ1) is 12.7. The van der Waals surface area contributed by atoms with Gasteiger partial charge in [0.25, 0.3) is 0 Å². The zero-order valence-corrected chi connectivity index (χ0v) is 11.0. The summed E-state index contributed by atoms with van der Waals surface area (Å²) in [6.07, 6.45) is 0.471. The normalized spacial score (nSPS) is 17.8. The Morgan fingerprint density at radius 2 is 2.30 bits per heavy atom. The van der Waals surface area contributed by atoms with Crippen LogP contribution in [-0.4, -0.2) is 33.5 Å². The predicted octanol–water partition coefficient (Wildman–Crippen LogP) is 1.33. The Labute approximate surface area is 116 Å². The first-order valence-electron chi connectivity index (χ1n) is 6.60. The SMILES string of the molecule is N#CCC(=O)N1Cc2[nH]c3ccccc3c2CC1CO. The number of aliphatic hydroxyl groups excluding tert-OH is 1. The number of nitrogens with zero attached hydrogens (tertiary/aromatic N) is 2. The highest BCUT2D eigenvalue weighted by atomic mass is 16.3. The molecule has 2 N–H and O–H groups in total. The van der Waals surface area contributed by atoms with E-state index in [4.69, 9.17) is 5.26 Å². The van der Waals surface area contributed by atoms with E-state index in [1.54, 1.807) is 4.90 Å². The fourth-order valence-electron chi connectivity index (χ4n) is 2.89. The molecule has 102 valence electrons. The fraction of sp³-hybridized carbons (Fsp3) is 0.333. The molecule has 5 nitrogen and oxygen atoms in total. The van der Waals surface area contributed by atoms with E-state index in [0.717, 1.165) is 16.6 Å². The first-order chi connectivity index (χ1) is 9.74. The molecule has 1 aliphatic heterocycles.